The van der Waals surface area contributed by atoms with Crippen LogP contribution in [0.3, 0.4) is 0 Å². The standard InChI is InChI=1S/C50H84NO9P/c1-6-8-10-11-12-13-14-15-16-17-18-19-20-21-22-26-29-32-36-40-49(52)56-44-46(45-58-61(54,55)57-43-42-51(3,4)5)59-50(53)41-37-33-30-27-24-23-25-28-31-35-39-48-47(60-48)38-34-9-7-2/h12-13,15-16,18-19,21-23,25,27,30-31,35,46-48H,6-11,14,17,20,24,26,28-29,32-34,36-45H2,1-5H3/p+1/b13-12-,16-15-,19-18-,22-21-,25-23-,30-27-,35-31-/t46-,47?,48?/m1/s1. The maximum Gasteiger partial charge on any atom is 0.472 e. The van der Waals surface area contributed by atoms with Crippen LogP contribution >= 0.6 is 7.82 Å². The fraction of sp³-hybridized carbons (Fsp3) is 0.680. The minimum atomic E-state index is -4.41. The molecular weight excluding hydrogens is 790 g/mol. The zero-order valence-corrected chi connectivity index (χ0v) is 39.7. The highest BCUT2D eigenvalue weighted by Gasteiger charge is 2.36. The first kappa shape index (κ1) is 56.2. The number of phosphoric acid groups is 1. The van der Waals surface area contributed by atoms with E-state index in [2.05, 4.69) is 92.8 Å². The second-order valence-electron chi connectivity index (χ2n) is 16.8. The second kappa shape index (κ2) is 37.7. The molecule has 0 aromatic rings. The predicted molar refractivity (Wildman–Crippen MR) is 251 cm³/mol. The number of nitrogens with zero attached hydrogens (tertiary/aromatic N) is 1. The van der Waals surface area contributed by atoms with E-state index in [-0.39, 0.29) is 26.1 Å². The Morgan fingerprint density at radius 2 is 1.11 bits per heavy atom. The monoisotopic (exact) mass is 875 g/mol. The van der Waals surface area contributed by atoms with E-state index in [4.69, 9.17) is 23.3 Å². The minimum absolute atomic E-state index is 0.00929. The third-order valence-electron chi connectivity index (χ3n) is 9.82. The molecule has 1 N–H and O–H groups in total. The molecule has 0 saturated carbocycles. The van der Waals surface area contributed by atoms with Crippen molar-refractivity contribution < 1.29 is 46.8 Å². The highest BCUT2D eigenvalue weighted by molar-refractivity contribution is 7.47. The summed E-state index contributed by atoms with van der Waals surface area (Å²) < 4.78 is 40.0. The van der Waals surface area contributed by atoms with Gasteiger partial charge < -0.3 is 23.6 Å². The first-order valence-corrected chi connectivity index (χ1v) is 24.9. The van der Waals surface area contributed by atoms with Crippen LogP contribution in [0.4, 0.5) is 0 Å². The Morgan fingerprint density at radius 1 is 0.607 bits per heavy atom. The summed E-state index contributed by atoms with van der Waals surface area (Å²) in [5.41, 5.74) is 0. The van der Waals surface area contributed by atoms with Crippen LogP contribution in [0, 0.1) is 0 Å². The lowest BCUT2D eigenvalue weighted by Crippen LogP contribution is -2.37. The zero-order chi connectivity index (χ0) is 44.7. The number of likely N-dealkylation sites (N-methyl/N-ethyl adjacent to an activating group) is 1. The third kappa shape index (κ3) is 38.5. The molecule has 348 valence electrons. The molecule has 4 atom stereocenters. The fourth-order valence-corrected chi connectivity index (χ4v) is 6.76. The average molecular weight is 875 g/mol. The van der Waals surface area contributed by atoms with Gasteiger partial charge in [0.25, 0.3) is 0 Å². The van der Waals surface area contributed by atoms with Gasteiger partial charge in [-0.15, -0.1) is 0 Å². The highest BCUT2D eigenvalue weighted by atomic mass is 31.2. The number of hydrogen-bond acceptors (Lipinski definition) is 8. The summed E-state index contributed by atoms with van der Waals surface area (Å²) in [7, 11) is 1.40. The molecular formula is C50H85NO9P+. The first-order chi connectivity index (χ1) is 29.5. The van der Waals surface area contributed by atoms with Gasteiger partial charge in [0.15, 0.2) is 6.10 Å². The van der Waals surface area contributed by atoms with Crippen LogP contribution in [0.25, 0.3) is 0 Å². The van der Waals surface area contributed by atoms with Gasteiger partial charge >= 0.3 is 19.8 Å². The van der Waals surface area contributed by atoms with E-state index in [0.717, 1.165) is 57.8 Å². The molecule has 1 fully saturated rings. The number of epoxide rings is 1. The van der Waals surface area contributed by atoms with Gasteiger partial charge in [-0.05, 0) is 89.9 Å². The number of esters is 2. The molecule has 0 aromatic heterocycles. The molecule has 61 heavy (non-hydrogen) atoms. The summed E-state index contributed by atoms with van der Waals surface area (Å²) in [6.45, 7) is 4.23. The number of allylic oxidation sites excluding steroid dienone is 13. The molecule has 0 aliphatic carbocycles. The van der Waals surface area contributed by atoms with Gasteiger partial charge in [-0.3, -0.25) is 18.6 Å². The lowest BCUT2D eigenvalue weighted by Gasteiger charge is -2.24. The first-order valence-electron chi connectivity index (χ1n) is 23.4. The van der Waals surface area contributed by atoms with Crippen LogP contribution in [-0.4, -0.2) is 87.1 Å². The largest absolute Gasteiger partial charge is 0.472 e. The van der Waals surface area contributed by atoms with Crippen molar-refractivity contribution in [2.45, 2.75) is 173 Å². The fourth-order valence-electron chi connectivity index (χ4n) is 6.02. The molecule has 0 spiro atoms. The summed E-state index contributed by atoms with van der Waals surface area (Å²) in [5, 5.41) is 0. The molecule has 3 unspecified atom stereocenters. The van der Waals surface area contributed by atoms with Gasteiger partial charge in [0.05, 0.1) is 40.0 Å². The van der Waals surface area contributed by atoms with E-state index >= 15 is 0 Å². The van der Waals surface area contributed by atoms with E-state index in [9.17, 15) is 19.0 Å². The number of phosphoric ester groups is 1. The molecule has 11 heteroatoms. The predicted octanol–water partition coefficient (Wildman–Crippen LogP) is 12.6. The number of hydrogen-bond donors (Lipinski definition) is 1. The molecule has 0 radical (unpaired) electrons. The molecule has 0 amide bonds. The zero-order valence-electron chi connectivity index (χ0n) is 38.8. The van der Waals surface area contributed by atoms with Gasteiger partial charge in [0, 0.05) is 12.8 Å². The van der Waals surface area contributed by atoms with Crippen molar-refractivity contribution >= 4 is 19.8 Å². The number of quaternary nitrogens is 1. The lowest BCUT2D eigenvalue weighted by atomic mass is 10.1. The van der Waals surface area contributed by atoms with Gasteiger partial charge in [0.1, 0.15) is 19.8 Å². The number of rotatable bonds is 40. The molecule has 10 nitrogen and oxygen atoms in total. The Labute approximate surface area is 371 Å². The Balaban J connectivity index is 2.33. The van der Waals surface area contributed by atoms with E-state index in [1.165, 1.54) is 51.4 Å². The topological polar surface area (TPSA) is 121 Å². The van der Waals surface area contributed by atoms with Crippen LogP contribution in [0.1, 0.15) is 155 Å². The maximum atomic E-state index is 12.7. The van der Waals surface area contributed by atoms with E-state index < -0.39 is 32.5 Å². The quantitative estimate of drug-likeness (QED) is 0.0160. The van der Waals surface area contributed by atoms with E-state index in [1.54, 1.807) is 0 Å². The van der Waals surface area contributed by atoms with Crippen LogP contribution in [-0.2, 0) is 37.4 Å². The Bertz CT molecular complexity index is 1380. The Hall–Kier alpha value is -2.85. The minimum Gasteiger partial charge on any atom is -0.462 e. The molecule has 1 aliphatic rings. The van der Waals surface area contributed by atoms with Crippen molar-refractivity contribution in [2.24, 2.45) is 0 Å². The van der Waals surface area contributed by atoms with Gasteiger partial charge in [-0.25, -0.2) is 4.57 Å². The Kier molecular flexibility index (Phi) is 34.7. The molecule has 1 rings (SSSR count). The second-order valence-corrected chi connectivity index (χ2v) is 18.3. The summed E-state index contributed by atoms with van der Waals surface area (Å²) >= 11 is 0. The summed E-state index contributed by atoms with van der Waals surface area (Å²) in [4.78, 5) is 35.4. The summed E-state index contributed by atoms with van der Waals surface area (Å²) in [6.07, 6.45) is 51.0. The SMILES string of the molecule is CCCCC/C=C\C/C=C\C/C=C\C/C=C\CCCCCC(=O)OC[C@H](COP(=O)(O)OCC[N+](C)(C)C)OC(=O)CCC/C=C\C/C=C\C/C=C\CC1OC1CCCCC. The van der Waals surface area contributed by atoms with Crippen LogP contribution in [0.5, 0.6) is 0 Å². The van der Waals surface area contributed by atoms with Gasteiger partial charge in [-0.1, -0.05) is 137 Å². The van der Waals surface area contributed by atoms with Crippen molar-refractivity contribution in [3.8, 4) is 0 Å². The number of carbonyl (C=O) groups is 2. The highest BCUT2D eigenvalue weighted by Crippen LogP contribution is 2.43. The lowest BCUT2D eigenvalue weighted by molar-refractivity contribution is -0.870. The molecule has 1 heterocycles. The number of carbonyl (C=O) groups excluding carboxylic acids is 2. The van der Waals surface area contributed by atoms with Crippen LogP contribution in [0.2, 0.25) is 0 Å². The number of ether oxygens (including phenoxy) is 3. The molecule has 0 bridgehead atoms. The van der Waals surface area contributed by atoms with Crippen molar-refractivity contribution in [3.05, 3.63) is 85.1 Å². The average Bonchev–Trinajstić information content (AvgIpc) is 3.97. The van der Waals surface area contributed by atoms with Gasteiger partial charge in [0.2, 0.25) is 0 Å². The molecule has 0 aromatic carbocycles. The van der Waals surface area contributed by atoms with Crippen LogP contribution < -0.4 is 0 Å². The van der Waals surface area contributed by atoms with Gasteiger partial charge in [-0.2, -0.15) is 0 Å². The smallest absolute Gasteiger partial charge is 0.462 e. The van der Waals surface area contributed by atoms with Crippen molar-refractivity contribution in [1.29, 1.82) is 0 Å². The Morgan fingerprint density at radius 3 is 1.69 bits per heavy atom. The van der Waals surface area contributed by atoms with Crippen molar-refractivity contribution in [3.63, 3.8) is 0 Å². The maximum absolute atomic E-state index is 12.7. The normalized spacial score (nSPS) is 17.6. The van der Waals surface area contributed by atoms with Crippen LogP contribution in [0.15, 0.2) is 85.1 Å². The van der Waals surface area contributed by atoms with E-state index in [0.29, 0.717) is 42.5 Å². The molecule has 1 saturated heterocycles. The van der Waals surface area contributed by atoms with Crippen molar-refractivity contribution in [2.75, 3.05) is 47.5 Å². The van der Waals surface area contributed by atoms with Crippen molar-refractivity contribution in [1.82, 2.24) is 0 Å². The summed E-state index contributed by atoms with van der Waals surface area (Å²) in [6, 6.07) is 0. The molecule has 1 aliphatic heterocycles. The summed E-state index contributed by atoms with van der Waals surface area (Å²) in [5.74, 6) is -0.913. The van der Waals surface area contributed by atoms with E-state index in [1.807, 2.05) is 27.2 Å². The third-order valence-corrected chi connectivity index (χ3v) is 10.8. The number of unbranched alkanes of at least 4 members (excludes halogenated alkanes) is 9.